The first-order chi connectivity index (χ1) is 10.7. The van der Waals surface area contributed by atoms with Crippen LogP contribution in [0.3, 0.4) is 0 Å². The summed E-state index contributed by atoms with van der Waals surface area (Å²) in [4.78, 5) is 16.7. The summed E-state index contributed by atoms with van der Waals surface area (Å²) < 4.78 is 5.07. The number of carbonyl (C=O) groups is 1. The van der Waals surface area contributed by atoms with Crippen molar-refractivity contribution in [1.29, 1.82) is 5.26 Å². The highest BCUT2D eigenvalue weighted by Gasteiger charge is 2.27. The first-order valence-corrected chi connectivity index (χ1v) is 7.63. The minimum atomic E-state index is -0.961. The lowest BCUT2D eigenvalue weighted by atomic mass is 10.0. The Morgan fingerprint density at radius 3 is 2.73 bits per heavy atom. The van der Waals surface area contributed by atoms with Gasteiger partial charge in [-0.2, -0.15) is 5.26 Å². The Kier molecular flexibility index (Phi) is 4.05. The van der Waals surface area contributed by atoms with Crippen LogP contribution in [0.15, 0.2) is 52.5 Å². The van der Waals surface area contributed by atoms with Crippen LogP contribution < -0.4 is 0 Å². The molecule has 0 aliphatic rings. The maximum Gasteiger partial charge on any atom is 0.222 e. The quantitative estimate of drug-likeness (QED) is 0.659. The van der Waals surface area contributed by atoms with E-state index in [2.05, 4.69) is 4.98 Å². The highest BCUT2D eigenvalue weighted by Crippen LogP contribution is 2.29. The Morgan fingerprint density at radius 2 is 2.09 bits per heavy atom. The fourth-order valence-corrected chi connectivity index (χ4v) is 2.95. The lowest BCUT2D eigenvalue weighted by Gasteiger charge is -2.02. The number of aromatic nitrogens is 1. The molecule has 0 bridgehead atoms. The molecule has 0 saturated carbocycles. The maximum atomic E-state index is 12.3. The number of Topliss-reactive ketones (excluding diaryl/α,β-unsaturated/α-hetero) is 1. The van der Waals surface area contributed by atoms with Gasteiger partial charge in [0.05, 0.1) is 18.0 Å². The first kappa shape index (κ1) is 14.5. The number of ketones is 1. The van der Waals surface area contributed by atoms with Crippen LogP contribution in [-0.2, 0) is 0 Å². The second-order valence-electron chi connectivity index (χ2n) is 4.48. The second-order valence-corrected chi connectivity index (χ2v) is 5.81. The molecule has 0 unspecified atom stereocenters. The molecule has 3 aromatic rings. The van der Waals surface area contributed by atoms with Crippen LogP contribution in [0.25, 0.3) is 11.3 Å². The lowest BCUT2D eigenvalue weighted by Crippen LogP contribution is -2.10. The predicted octanol–water partition coefficient (Wildman–Crippen LogP) is 4.55. The minimum absolute atomic E-state index is 0.162. The molecule has 2 heterocycles. The van der Waals surface area contributed by atoms with Crippen LogP contribution in [0.4, 0.5) is 0 Å². The molecule has 4 nitrogen and oxygen atoms in total. The molecule has 1 aromatic carbocycles. The molecule has 0 fully saturated rings. The summed E-state index contributed by atoms with van der Waals surface area (Å²) in [6.45, 7) is 0. The maximum absolute atomic E-state index is 12.3. The van der Waals surface area contributed by atoms with Crippen molar-refractivity contribution in [2.75, 3.05) is 0 Å². The number of rotatable bonds is 4. The van der Waals surface area contributed by atoms with Gasteiger partial charge in [0, 0.05) is 16.0 Å². The molecule has 0 aliphatic heterocycles. The molecule has 6 heteroatoms. The molecule has 0 amide bonds. The molecule has 0 N–H and O–H groups in total. The van der Waals surface area contributed by atoms with E-state index in [-0.39, 0.29) is 11.5 Å². The number of thiazole rings is 1. The minimum Gasteiger partial charge on any atom is -0.461 e. The fourth-order valence-electron chi connectivity index (χ4n) is 1.96. The van der Waals surface area contributed by atoms with E-state index in [1.54, 1.807) is 24.3 Å². The van der Waals surface area contributed by atoms with E-state index in [1.807, 2.05) is 23.6 Å². The summed E-state index contributed by atoms with van der Waals surface area (Å²) in [7, 11) is 0. The van der Waals surface area contributed by atoms with Gasteiger partial charge in [-0.3, -0.25) is 4.79 Å². The summed E-state index contributed by atoms with van der Waals surface area (Å²) in [6.07, 6.45) is 1.41. The Labute approximate surface area is 135 Å². The summed E-state index contributed by atoms with van der Waals surface area (Å²) in [5.41, 5.74) is 1.60. The van der Waals surface area contributed by atoms with Gasteiger partial charge in [-0.25, -0.2) is 4.98 Å². The van der Waals surface area contributed by atoms with Crippen LogP contribution >= 0.6 is 22.9 Å². The van der Waals surface area contributed by atoms with Crippen LogP contribution in [-0.4, -0.2) is 10.8 Å². The van der Waals surface area contributed by atoms with E-state index in [0.29, 0.717) is 15.7 Å². The van der Waals surface area contributed by atoms with Crippen molar-refractivity contribution in [2.24, 2.45) is 0 Å². The molecule has 0 aliphatic carbocycles. The van der Waals surface area contributed by atoms with Crippen molar-refractivity contribution in [3.8, 4) is 17.3 Å². The van der Waals surface area contributed by atoms with Gasteiger partial charge in [0.1, 0.15) is 5.01 Å². The smallest absolute Gasteiger partial charge is 0.222 e. The zero-order valence-electron chi connectivity index (χ0n) is 11.2. The predicted molar refractivity (Wildman–Crippen MR) is 84.0 cm³/mol. The zero-order valence-corrected chi connectivity index (χ0v) is 12.8. The third-order valence-corrected chi connectivity index (χ3v) is 4.23. The third-order valence-electron chi connectivity index (χ3n) is 3.06. The van der Waals surface area contributed by atoms with Crippen LogP contribution in [0.5, 0.6) is 0 Å². The summed E-state index contributed by atoms with van der Waals surface area (Å²) >= 11 is 7.14. The fraction of sp³-hybridized carbons (Fsp3) is 0.0625. The number of carbonyl (C=O) groups excluding carboxylic acids is 1. The van der Waals surface area contributed by atoms with Gasteiger partial charge in [-0.1, -0.05) is 23.7 Å². The molecule has 22 heavy (non-hydrogen) atoms. The molecule has 2 aromatic heterocycles. The van der Waals surface area contributed by atoms with E-state index >= 15 is 0 Å². The molecular weight excluding hydrogens is 320 g/mol. The normalized spacial score (nSPS) is 11.8. The first-order valence-electron chi connectivity index (χ1n) is 6.37. The average molecular weight is 329 g/mol. The standard InChI is InChI=1S/C16H9ClN2O2S/c17-11-5-3-10(4-6-11)13-9-22-16(19-13)12(8-18)15(20)14-2-1-7-21-14/h1-7,9,12H/t12-/m1/s1. The van der Waals surface area contributed by atoms with Gasteiger partial charge in [0.2, 0.25) is 5.78 Å². The molecule has 3 rings (SSSR count). The highest BCUT2D eigenvalue weighted by molar-refractivity contribution is 7.10. The van der Waals surface area contributed by atoms with Gasteiger partial charge in [-0.15, -0.1) is 11.3 Å². The van der Waals surface area contributed by atoms with Gasteiger partial charge in [0.15, 0.2) is 11.7 Å². The zero-order chi connectivity index (χ0) is 15.5. The highest BCUT2D eigenvalue weighted by atomic mass is 35.5. The topological polar surface area (TPSA) is 66.9 Å². The number of benzene rings is 1. The summed E-state index contributed by atoms with van der Waals surface area (Å²) in [5.74, 6) is -1.18. The van der Waals surface area contributed by atoms with Crippen molar-refractivity contribution < 1.29 is 9.21 Å². The van der Waals surface area contributed by atoms with Gasteiger partial charge in [-0.05, 0) is 24.3 Å². The van der Waals surface area contributed by atoms with E-state index in [4.69, 9.17) is 16.0 Å². The Morgan fingerprint density at radius 1 is 1.32 bits per heavy atom. The van der Waals surface area contributed by atoms with Crippen molar-refractivity contribution in [1.82, 2.24) is 4.98 Å². The van der Waals surface area contributed by atoms with Gasteiger partial charge >= 0.3 is 0 Å². The van der Waals surface area contributed by atoms with E-state index in [1.165, 1.54) is 17.6 Å². The van der Waals surface area contributed by atoms with E-state index in [0.717, 1.165) is 5.56 Å². The monoisotopic (exact) mass is 328 g/mol. The van der Waals surface area contributed by atoms with Crippen molar-refractivity contribution in [2.45, 2.75) is 5.92 Å². The van der Waals surface area contributed by atoms with Crippen LogP contribution in [0, 0.1) is 11.3 Å². The number of hydrogen-bond donors (Lipinski definition) is 0. The summed E-state index contributed by atoms with van der Waals surface area (Å²) in [5, 5.41) is 12.2. The number of hydrogen-bond acceptors (Lipinski definition) is 5. The number of nitrogens with zero attached hydrogens (tertiary/aromatic N) is 2. The number of furan rings is 1. The van der Waals surface area contributed by atoms with Crippen molar-refractivity contribution in [3.05, 3.63) is 63.8 Å². The average Bonchev–Trinajstić information content (AvgIpc) is 3.20. The van der Waals surface area contributed by atoms with Crippen molar-refractivity contribution in [3.63, 3.8) is 0 Å². The molecule has 0 spiro atoms. The SMILES string of the molecule is N#C[C@H](C(=O)c1ccco1)c1nc(-c2ccc(Cl)cc2)cs1. The number of halogens is 1. The van der Waals surface area contributed by atoms with Gasteiger partial charge < -0.3 is 4.42 Å². The molecule has 0 radical (unpaired) electrons. The van der Waals surface area contributed by atoms with Crippen LogP contribution in [0.1, 0.15) is 21.5 Å². The Balaban J connectivity index is 1.90. The largest absolute Gasteiger partial charge is 0.461 e. The molecular formula is C16H9ClN2O2S. The van der Waals surface area contributed by atoms with Crippen molar-refractivity contribution >= 4 is 28.7 Å². The molecule has 0 saturated heterocycles. The summed E-state index contributed by atoms with van der Waals surface area (Å²) in [6, 6.07) is 12.4. The van der Waals surface area contributed by atoms with Crippen LogP contribution in [0.2, 0.25) is 5.02 Å². The number of nitriles is 1. The van der Waals surface area contributed by atoms with Gasteiger partial charge in [0.25, 0.3) is 0 Å². The van der Waals surface area contributed by atoms with E-state index < -0.39 is 5.92 Å². The lowest BCUT2D eigenvalue weighted by molar-refractivity contribution is 0.0952. The van der Waals surface area contributed by atoms with E-state index in [9.17, 15) is 10.1 Å². The second kappa shape index (κ2) is 6.14. The Bertz CT molecular complexity index is 832. The third kappa shape index (κ3) is 2.80. The molecule has 1 atom stereocenters. The Hall–Kier alpha value is -2.42. The molecule has 108 valence electrons.